The third-order valence-electron chi connectivity index (χ3n) is 2.07. The number of carbonyl (C=O) groups is 2. The Kier molecular flexibility index (Phi) is 3.03. The molecule has 2 heterocycles. The molecule has 1 aliphatic heterocycles. The maximum Gasteiger partial charge on any atom is 0.263 e. The van der Waals surface area contributed by atoms with Crippen LogP contribution in [0.1, 0.15) is 11.5 Å². The van der Waals surface area contributed by atoms with Gasteiger partial charge in [-0.25, -0.2) is 0 Å². The number of rotatable bonds is 2. The topological polar surface area (TPSA) is 91.6 Å². The quantitative estimate of drug-likeness (QED) is 0.381. The van der Waals surface area contributed by atoms with Gasteiger partial charge in [0.15, 0.2) is 5.11 Å². The van der Waals surface area contributed by atoms with E-state index >= 15 is 0 Å². The fourth-order valence-corrected chi connectivity index (χ4v) is 1.49. The normalized spacial score (nSPS) is 15.6. The molecule has 0 bridgehead atoms. The average Bonchev–Trinajstić information content (AvgIpc) is 2.71. The number of amides is 2. The van der Waals surface area contributed by atoms with Gasteiger partial charge in [-0.3, -0.25) is 20.2 Å². The zero-order chi connectivity index (χ0) is 12.4. The maximum atomic E-state index is 11.5. The van der Waals surface area contributed by atoms with Crippen LogP contribution in [-0.4, -0.2) is 22.0 Å². The van der Waals surface area contributed by atoms with E-state index in [9.17, 15) is 9.59 Å². The molecule has 88 valence electrons. The second kappa shape index (κ2) is 4.48. The molecule has 6 nitrogen and oxygen atoms in total. The molecule has 1 saturated heterocycles. The van der Waals surface area contributed by atoms with Gasteiger partial charge < -0.3 is 9.52 Å². The predicted molar refractivity (Wildman–Crippen MR) is 61.5 cm³/mol. The first-order valence-corrected chi connectivity index (χ1v) is 5.09. The average molecular weight is 252 g/mol. The molecular formula is C10H8N2O4S. The van der Waals surface area contributed by atoms with Gasteiger partial charge in [-0.1, -0.05) is 0 Å². The Morgan fingerprint density at radius 2 is 1.94 bits per heavy atom. The molecule has 0 aromatic carbocycles. The fourth-order valence-electron chi connectivity index (χ4n) is 1.31. The standard InChI is InChI=1S/C10H8N2O4S/c13-4-6-2-1-5(16-6)3-7-8(14)11-10(17)12-9(7)15/h1-3,13H,4H2,(H2,11,12,14,15,17). The lowest BCUT2D eigenvalue weighted by Crippen LogP contribution is -2.51. The number of hydrogen-bond donors (Lipinski definition) is 3. The van der Waals surface area contributed by atoms with Crippen LogP contribution in [0.25, 0.3) is 6.08 Å². The summed E-state index contributed by atoms with van der Waals surface area (Å²) in [4.78, 5) is 23.0. The third kappa shape index (κ3) is 2.40. The van der Waals surface area contributed by atoms with E-state index in [4.69, 9.17) is 9.52 Å². The molecule has 1 aromatic heterocycles. The number of thiocarbonyl (C=S) groups is 1. The second-order valence-electron chi connectivity index (χ2n) is 3.26. The van der Waals surface area contributed by atoms with E-state index in [2.05, 4.69) is 22.9 Å². The van der Waals surface area contributed by atoms with E-state index in [1.165, 1.54) is 6.08 Å². The highest BCUT2D eigenvalue weighted by atomic mass is 32.1. The Morgan fingerprint density at radius 1 is 1.29 bits per heavy atom. The summed E-state index contributed by atoms with van der Waals surface area (Å²) in [6.07, 6.45) is 1.28. The van der Waals surface area contributed by atoms with Crippen molar-refractivity contribution in [3.8, 4) is 0 Å². The van der Waals surface area contributed by atoms with Crippen molar-refractivity contribution in [1.82, 2.24) is 10.6 Å². The molecule has 2 rings (SSSR count). The van der Waals surface area contributed by atoms with Crippen LogP contribution in [0.4, 0.5) is 0 Å². The van der Waals surface area contributed by atoms with Gasteiger partial charge in [0.25, 0.3) is 11.8 Å². The van der Waals surface area contributed by atoms with Crippen LogP contribution in [0.2, 0.25) is 0 Å². The van der Waals surface area contributed by atoms with Crippen LogP contribution in [0.3, 0.4) is 0 Å². The van der Waals surface area contributed by atoms with Crippen LogP contribution in [0, 0.1) is 0 Å². The van der Waals surface area contributed by atoms with Gasteiger partial charge in [-0.15, -0.1) is 0 Å². The number of hydrogen-bond acceptors (Lipinski definition) is 5. The van der Waals surface area contributed by atoms with Crippen molar-refractivity contribution in [2.75, 3.05) is 0 Å². The second-order valence-corrected chi connectivity index (χ2v) is 3.67. The SMILES string of the molecule is O=C1NC(=S)NC(=O)C1=Cc1ccc(CO)o1. The fraction of sp³-hybridized carbons (Fsp3) is 0.100. The highest BCUT2D eigenvalue weighted by molar-refractivity contribution is 7.80. The minimum absolute atomic E-state index is 0.0207. The number of nitrogens with one attached hydrogen (secondary N) is 2. The Morgan fingerprint density at radius 3 is 2.47 bits per heavy atom. The zero-order valence-corrected chi connectivity index (χ0v) is 9.34. The van der Waals surface area contributed by atoms with Gasteiger partial charge in [0, 0.05) is 0 Å². The molecule has 3 N–H and O–H groups in total. The summed E-state index contributed by atoms with van der Waals surface area (Å²) in [5, 5.41) is 13.4. The summed E-state index contributed by atoms with van der Waals surface area (Å²) in [6, 6.07) is 3.10. The van der Waals surface area contributed by atoms with E-state index in [-0.39, 0.29) is 17.3 Å². The molecule has 0 unspecified atom stereocenters. The molecule has 2 amide bonds. The van der Waals surface area contributed by atoms with E-state index in [0.717, 1.165) is 0 Å². The highest BCUT2D eigenvalue weighted by Gasteiger charge is 2.25. The zero-order valence-electron chi connectivity index (χ0n) is 8.52. The first-order valence-electron chi connectivity index (χ1n) is 4.68. The van der Waals surface area contributed by atoms with Crippen molar-refractivity contribution in [2.24, 2.45) is 0 Å². The van der Waals surface area contributed by atoms with Crippen molar-refractivity contribution in [1.29, 1.82) is 0 Å². The number of furan rings is 1. The van der Waals surface area contributed by atoms with Gasteiger partial charge in [-0.05, 0) is 30.4 Å². The lowest BCUT2D eigenvalue weighted by Gasteiger charge is -2.15. The summed E-state index contributed by atoms with van der Waals surface area (Å²) < 4.78 is 5.14. The van der Waals surface area contributed by atoms with Crippen LogP contribution >= 0.6 is 12.2 Å². The van der Waals surface area contributed by atoms with Crippen LogP contribution in [0.5, 0.6) is 0 Å². The summed E-state index contributed by atoms with van der Waals surface area (Å²) in [5.74, 6) is -0.507. The first kappa shape index (κ1) is 11.5. The maximum absolute atomic E-state index is 11.5. The van der Waals surface area contributed by atoms with E-state index in [1.807, 2.05) is 0 Å². The van der Waals surface area contributed by atoms with E-state index in [0.29, 0.717) is 11.5 Å². The van der Waals surface area contributed by atoms with Gasteiger partial charge >= 0.3 is 0 Å². The summed E-state index contributed by atoms with van der Waals surface area (Å²) in [7, 11) is 0. The highest BCUT2D eigenvalue weighted by Crippen LogP contribution is 2.13. The molecule has 1 aromatic rings. The monoisotopic (exact) mass is 252 g/mol. The Labute approximate surface area is 101 Å². The predicted octanol–water partition coefficient (Wildman–Crippen LogP) is -0.314. The molecule has 0 spiro atoms. The Balaban J connectivity index is 2.29. The van der Waals surface area contributed by atoms with Crippen molar-refractivity contribution >= 4 is 35.2 Å². The largest absolute Gasteiger partial charge is 0.459 e. The molecular weight excluding hydrogens is 244 g/mol. The molecule has 7 heteroatoms. The molecule has 0 radical (unpaired) electrons. The smallest absolute Gasteiger partial charge is 0.263 e. The summed E-state index contributed by atoms with van der Waals surface area (Å²) >= 11 is 4.65. The molecule has 0 atom stereocenters. The van der Waals surface area contributed by atoms with Gasteiger partial charge in [0.2, 0.25) is 0 Å². The van der Waals surface area contributed by atoms with Crippen molar-refractivity contribution < 1.29 is 19.1 Å². The van der Waals surface area contributed by atoms with Crippen molar-refractivity contribution in [2.45, 2.75) is 6.61 Å². The van der Waals surface area contributed by atoms with E-state index in [1.54, 1.807) is 12.1 Å². The van der Waals surface area contributed by atoms with Gasteiger partial charge in [0.1, 0.15) is 23.7 Å². The van der Waals surface area contributed by atoms with Crippen LogP contribution < -0.4 is 10.6 Å². The van der Waals surface area contributed by atoms with Crippen LogP contribution in [0.15, 0.2) is 22.1 Å². The molecule has 0 aliphatic carbocycles. The lowest BCUT2D eigenvalue weighted by molar-refractivity contribution is -0.123. The van der Waals surface area contributed by atoms with Crippen molar-refractivity contribution in [3.05, 3.63) is 29.2 Å². The molecule has 0 saturated carbocycles. The molecule has 1 fully saturated rings. The van der Waals surface area contributed by atoms with E-state index < -0.39 is 11.8 Å². The summed E-state index contributed by atoms with van der Waals surface area (Å²) in [6.45, 7) is -0.244. The number of carbonyl (C=O) groups excluding carboxylic acids is 2. The number of aliphatic hydroxyl groups is 1. The minimum Gasteiger partial charge on any atom is -0.459 e. The first-order chi connectivity index (χ1) is 8.10. The Hall–Kier alpha value is -1.99. The number of aliphatic hydroxyl groups excluding tert-OH is 1. The van der Waals surface area contributed by atoms with Crippen LogP contribution in [-0.2, 0) is 16.2 Å². The minimum atomic E-state index is -0.583. The summed E-state index contributed by atoms with van der Waals surface area (Å²) in [5.41, 5.74) is -0.0996. The third-order valence-corrected chi connectivity index (χ3v) is 2.27. The molecule has 1 aliphatic rings. The lowest BCUT2D eigenvalue weighted by atomic mass is 10.1. The molecule has 17 heavy (non-hydrogen) atoms. The Bertz CT molecular complexity index is 510. The van der Waals surface area contributed by atoms with Gasteiger partial charge in [-0.2, -0.15) is 0 Å². The van der Waals surface area contributed by atoms with Gasteiger partial charge in [0.05, 0.1) is 0 Å². The van der Waals surface area contributed by atoms with Crippen molar-refractivity contribution in [3.63, 3.8) is 0 Å².